The van der Waals surface area contributed by atoms with Crippen LogP contribution in [-0.2, 0) is 17.5 Å². The van der Waals surface area contributed by atoms with Crippen LogP contribution in [0.5, 0.6) is 0 Å². The molecule has 2 aromatic rings. The van der Waals surface area contributed by atoms with Gasteiger partial charge in [-0.15, -0.1) is 0 Å². The van der Waals surface area contributed by atoms with E-state index in [0.29, 0.717) is 5.75 Å². The third-order valence-electron chi connectivity index (χ3n) is 2.48. The summed E-state index contributed by atoms with van der Waals surface area (Å²) in [6.07, 6.45) is 1.46. The molecule has 100 valence electrons. The predicted molar refractivity (Wildman–Crippen MR) is 68.3 cm³/mol. The Morgan fingerprint density at radius 1 is 1.53 bits per heavy atom. The average Bonchev–Trinajstić information content (AvgIpc) is 2.81. The molecule has 0 radical (unpaired) electrons. The van der Waals surface area contributed by atoms with Gasteiger partial charge in [0.05, 0.1) is 12.7 Å². The standard InChI is InChI=1S/C12H12FN3O2S/c1-16-12(14-7-15-16)19-6-8-3-4-9(10(13)5-8)11(17)18-2/h3-5,7H,6H2,1-2H3. The second-order valence-electron chi connectivity index (χ2n) is 3.76. The summed E-state index contributed by atoms with van der Waals surface area (Å²) >= 11 is 1.44. The van der Waals surface area contributed by atoms with Crippen molar-refractivity contribution in [3.05, 3.63) is 41.5 Å². The van der Waals surface area contributed by atoms with Crippen molar-refractivity contribution in [1.29, 1.82) is 0 Å². The Hall–Kier alpha value is -1.89. The number of carbonyl (C=O) groups is 1. The Morgan fingerprint density at radius 2 is 2.32 bits per heavy atom. The molecule has 0 aliphatic rings. The van der Waals surface area contributed by atoms with E-state index in [-0.39, 0.29) is 5.56 Å². The van der Waals surface area contributed by atoms with Crippen LogP contribution in [0.4, 0.5) is 4.39 Å². The first-order valence-electron chi connectivity index (χ1n) is 5.45. The van der Waals surface area contributed by atoms with E-state index < -0.39 is 11.8 Å². The number of hydrogen-bond acceptors (Lipinski definition) is 5. The van der Waals surface area contributed by atoms with Gasteiger partial charge in [-0.3, -0.25) is 0 Å². The van der Waals surface area contributed by atoms with Crippen LogP contribution in [0.15, 0.2) is 29.7 Å². The second-order valence-corrected chi connectivity index (χ2v) is 4.70. The number of thioether (sulfide) groups is 1. The van der Waals surface area contributed by atoms with Gasteiger partial charge in [0.1, 0.15) is 12.1 Å². The van der Waals surface area contributed by atoms with Gasteiger partial charge in [0.15, 0.2) is 5.16 Å². The molecule has 1 heterocycles. The Morgan fingerprint density at radius 3 is 2.89 bits per heavy atom. The summed E-state index contributed by atoms with van der Waals surface area (Å²) in [5, 5.41) is 4.69. The van der Waals surface area contributed by atoms with E-state index in [1.54, 1.807) is 17.8 Å². The zero-order chi connectivity index (χ0) is 13.8. The first-order chi connectivity index (χ1) is 9.11. The number of aromatic nitrogens is 3. The van der Waals surface area contributed by atoms with Gasteiger partial charge in [0.25, 0.3) is 0 Å². The molecule has 1 aromatic heterocycles. The van der Waals surface area contributed by atoms with Crippen molar-refractivity contribution in [1.82, 2.24) is 14.8 Å². The van der Waals surface area contributed by atoms with Gasteiger partial charge in [-0.25, -0.2) is 18.9 Å². The first-order valence-corrected chi connectivity index (χ1v) is 6.44. The quantitative estimate of drug-likeness (QED) is 0.634. The van der Waals surface area contributed by atoms with Crippen LogP contribution >= 0.6 is 11.8 Å². The molecule has 0 spiro atoms. The third kappa shape index (κ3) is 3.11. The first kappa shape index (κ1) is 13.5. The zero-order valence-electron chi connectivity index (χ0n) is 10.5. The average molecular weight is 281 g/mol. The van der Waals surface area contributed by atoms with Crippen LogP contribution in [0.2, 0.25) is 0 Å². The molecule has 0 aliphatic heterocycles. The molecule has 0 fully saturated rings. The topological polar surface area (TPSA) is 57.0 Å². The Bertz CT molecular complexity index is 600. The van der Waals surface area contributed by atoms with Crippen molar-refractivity contribution in [2.75, 3.05) is 7.11 Å². The van der Waals surface area contributed by atoms with E-state index >= 15 is 0 Å². The minimum atomic E-state index is -0.676. The van der Waals surface area contributed by atoms with Gasteiger partial charge in [0, 0.05) is 12.8 Å². The van der Waals surface area contributed by atoms with Gasteiger partial charge < -0.3 is 4.74 Å². The number of nitrogens with zero attached hydrogens (tertiary/aromatic N) is 3. The largest absolute Gasteiger partial charge is 0.465 e. The van der Waals surface area contributed by atoms with E-state index in [9.17, 15) is 9.18 Å². The lowest BCUT2D eigenvalue weighted by Crippen LogP contribution is -2.04. The highest BCUT2D eigenvalue weighted by Crippen LogP contribution is 2.21. The van der Waals surface area contributed by atoms with Gasteiger partial charge >= 0.3 is 5.97 Å². The molecule has 7 heteroatoms. The highest BCUT2D eigenvalue weighted by molar-refractivity contribution is 7.98. The van der Waals surface area contributed by atoms with Gasteiger partial charge in [-0.05, 0) is 17.7 Å². The van der Waals surface area contributed by atoms with Crippen LogP contribution in [0.1, 0.15) is 15.9 Å². The molecule has 19 heavy (non-hydrogen) atoms. The summed E-state index contributed by atoms with van der Waals surface area (Å²) in [5.41, 5.74) is 0.702. The number of rotatable bonds is 4. The minimum Gasteiger partial charge on any atom is -0.465 e. The third-order valence-corrected chi connectivity index (χ3v) is 3.58. The summed E-state index contributed by atoms with van der Waals surface area (Å²) < 4.78 is 19.8. The van der Waals surface area contributed by atoms with Gasteiger partial charge in [-0.2, -0.15) is 5.10 Å². The monoisotopic (exact) mass is 281 g/mol. The predicted octanol–water partition coefficient (Wildman–Crippen LogP) is 2.03. The smallest absolute Gasteiger partial charge is 0.340 e. The lowest BCUT2D eigenvalue weighted by atomic mass is 10.1. The summed E-state index contributed by atoms with van der Waals surface area (Å²) in [4.78, 5) is 15.3. The molecule has 0 saturated carbocycles. The summed E-state index contributed by atoms with van der Waals surface area (Å²) in [7, 11) is 3.01. The van der Waals surface area contributed by atoms with Crippen molar-refractivity contribution < 1.29 is 13.9 Å². The Balaban J connectivity index is 2.08. The lowest BCUT2D eigenvalue weighted by Gasteiger charge is -2.04. The van der Waals surface area contributed by atoms with Gasteiger partial charge in [0.2, 0.25) is 0 Å². The number of carbonyl (C=O) groups excluding carboxylic acids is 1. The molecule has 5 nitrogen and oxygen atoms in total. The number of benzene rings is 1. The number of hydrogen-bond donors (Lipinski definition) is 0. The SMILES string of the molecule is COC(=O)c1ccc(CSc2ncnn2C)cc1F. The van der Waals surface area contributed by atoms with Crippen LogP contribution in [0, 0.1) is 5.82 Å². The van der Waals surface area contributed by atoms with E-state index in [1.807, 2.05) is 0 Å². The van der Waals surface area contributed by atoms with Crippen LogP contribution in [0.3, 0.4) is 0 Å². The molecule has 0 amide bonds. The van der Waals surface area contributed by atoms with Crippen molar-refractivity contribution in [2.45, 2.75) is 10.9 Å². The molecule has 2 rings (SSSR count). The molecule has 0 unspecified atom stereocenters. The maximum absolute atomic E-state index is 13.7. The fourth-order valence-corrected chi connectivity index (χ4v) is 2.32. The molecule has 0 aliphatic carbocycles. The number of methoxy groups -OCH3 is 1. The fraction of sp³-hybridized carbons (Fsp3) is 0.250. The summed E-state index contributed by atoms with van der Waals surface area (Å²) in [6.45, 7) is 0. The lowest BCUT2D eigenvalue weighted by molar-refractivity contribution is 0.0595. The van der Waals surface area contributed by atoms with Gasteiger partial charge in [-0.1, -0.05) is 17.8 Å². The fourth-order valence-electron chi connectivity index (χ4n) is 1.49. The maximum Gasteiger partial charge on any atom is 0.340 e. The highest BCUT2D eigenvalue weighted by Gasteiger charge is 2.12. The number of esters is 1. The molecule has 0 bridgehead atoms. The number of aryl methyl sites for hydroxylation is 1. The molecular weight excluding hydrogens is 269 g/mol. The Labute approximate surface area is 113 Å². The normalized spacial score (nSPS) is 10.5. The van der Waals surface area contributed by atoms with Crippen molar-refractivity contribution >= 4 is 17.7 Å². The minimum absolute atomic E-state index is 0.0603. The number of halogens is 1. The molecule has 0 N–H and O–H groups in total. The van der Waals surface area contributed by atoms with E-state index in [4.69, 9.17) is 0 Å². The van der Waals surface area contributed by atoms with Crippen LogP contribution in [0.25, 0.3) is 0 Å². The van der Waals surface area contributed by atoms with Crippen molar-refractivity contribution in [3.63, 3.8) is 0 Å². The highest BCUT2D eigenvalue weighted by atomic mass is 32.2. The molecule has 0 atom stereocenters. The van der Waals surface area contributed by atoms with Crippen LogP contribution < -0.4 is 0 Å². The van der Waals surface area contributed by atoms with Crippen LogP contribution in [-0.4, -0.2) is 27.8 Å². The van der Waals surface area contributed by atoms with E-state index in [0.717, 1.165) is 10.7 Å². The van der Waals surface area contributed by atoms with E-state index in [2.05, 4.69) is 14.8 Å². The van der Waals surface area contributed by atoms with Crippen molar-refractivity contribution in [2.24, 2.45) is 7.05 Å². The maximum atomic E-state index is 13.7. The zero-order valence-corrected chi connectivity index (χ0v) is 11.3. The number of ether oxygens (including phenoxy) is 1. The summed E-state index contributed by atoms with van der Waals surface area (Å²) in [5.74, 6) is -0.710. The van der Waals surface area contributed by atoms with E-state index in [1.165, 1.54) is 37.3 Å². The Kier molecular flexibility index (Phi) is 4.16. The molecular formula is C12H12FN3O2S. The molecule has 0 saturated heterocycles. The van der Waals surface area contributed by atoms with Crippen molar-refractivity contribution in [3.8, 4) is 0 Å². The molecule has 1 aromatic carbocycles. The second kappa shape index (κ2) is 5.83. The summed E-state index contributed by atoms with van der Waals surface area (Å²) in [6, 6.07) is 4.45.